The van der Waals surface area contributed by atoms with Gasteiger partial charge in [-0.1, -0.05) is 18.5 Å². The Balaban J connectivity index is 2.59. The molecular formula is C13H17ClN2O3S. The number of hydrogen-bond donors (Lipinski definition) is 3. The smallest absolute Gasteiger partial charge is 0.335 e. The lowest BCUT2D eigenvalue weighted by Gasteiger charge is -2.12. The SMILES string of the molecule is CSCC(C)CNC(=O)Nc1cc(Cl)cc(C(=O)O)c1. The molecule has 0 aliphatic carbocycles. The van der Waals surface area contributed by atoms with Gasteiger partial charge in [-0.3, -0.25) is 0 Å². The molecule has 0 spiro atoms. The Kier molecular flexibility index (Phi) is 6.67. The number of amides is 2. The van der Waals surface area contributed by atoms with Crippen molar-refractivity contribution >= 4 is 41.1 Å². The lowest BCUT2D eigenvalue weighted by atomic mass is 10.2. The van der Waals surface area contributed by atoms with Crippen LogP contribution in [-0.4, -0.2) is 35.7 Å². The Morgan fingerprint density at radius 2 is 2.10 bits per heavy atom. The second-order valence-corrected chi connectivity index (χ2v) is 5.78. The molecule has 0 fully saturated rings. The van der Waals surface area contributed by atoms with E-state index >= 15 is 0 Å². The van der Waals surface area contributed by atoms with Gasteiger partial charge in [0.15, 0.2) is 0 Å². The van der Waals surface area contributed by atoms with Crippen LogP contribution in [-0.2, 0) is 0 Å². The number of anilines is 1. The van der Waals surface area contributed by atoms with Crippen LogP contribution in [0.5, 0.6) is 0 Å². The van der Waals surface area contributed by atoms with Gasteiger partial charge in [0.1, 0.15) is 0 Å². The van der Waals surface area contributed by atoms with E-state index in [1.807, 2.05) is 13.2 Å². The zero-order valence-electron chi connectivity index (χ0n) is 11.3. The summed E-state index contributed by atoms with van der Waals surface area (Å²) < 4.78 is 0. The summed E-state index contributed by atoms with van der Waals surface area (Å²) in [6.45, 7) is 2.59. The van der Waals surface area contributed by atoms with Crippen LogP contribution in [0.4, 0.5) is 10.5 Å². The van der Waals surface area contributed by atoms with E-state index in [2.05, 4.69) is 10.6 Å². The normalized spacial score (nSPS) is 11.8. The predicted molar refractivity (Wildman–Crippen MR) is 83.0 cm³/mol. The highest BCUT2D eigenvalue weighted by molar-refractivity contribution is 7.98. The summed E-state index contributed by atoms with van der Waals surface area (Å²) >= 11 is 7.53. The van der Waals surface area contributed by atoms with E-state index in [4.69, 9.17) is 16.7 Å². The molecule has 0 aliphatic rings. The molecule has 20 heavy (non-hydrogen) atoms. The standard InChI is InChI=1S/C13H17ClN2O3S/c1-8(7-20-2)6-15-13(19)16-11-4-9(12(17)18)3-10(14)5-11/h3-5,8H,6-7H2,1-2H3,(H,17,18)(H2,15,16,19). The van der Waals surface area contributed by atoms with Crippen molar-refractivity contribution in [2.75, 3.05) is 23.9 Å². The van der Waals surface area contributed by atoms with Gasteiger partial charge in [-0.25, -0.2) is 9.59 Å². The number of carbonyl (C=O) groups excluding carboxylic acids is 1. The minimum absolute atomic E-state index is 0.0311. The molecule has 1 aromatic carbocycles. The Bertz CT molecular complexity index is 497. The highest BCUT2D eigenvalue weighted by atomic mass is 35.5. The molecule has 2 amide bonds. The summed E-state index contributed by atoms with van der Waals surface area (Å²) in [5.74, 6) is 0.231. The van der Waals surface area contributed by atoms with Crippen molar-refractivity contribution in [1.82, 2.24) is 5.32 Å². The highest BCUT2D eigenvalue weighted by Crippen LogP contribution is 2.19. The molecule has 1 aromatic rings. The number of nitrogens with one attached hydrogen (secondary N) is 2. The zero-order valence-corrected chi connectivity index (χ0v) is 12.8. The van der Waals surface area contributed by atoms with Crippen LogP contribution in [0.25, 0.3) is 0 Å². The van der Waals surface area contributed by atoms with Gasteiger partial charge in [0.2, 0.25) is 0 Å². The zero-order chi connectivity index (χ0) is 15.1. The van der Waals surface area contributed by atoms with Crippen LogP contribution in [0, 0.1) is 5.92 Å². The molecular weight excluding hydrogens is 300 g/mol. The van der Waals surface area contributed by atoms with Crippen molar-refractivity contribution < 1.29 is 14.7 Å². The molecule has 3 N–H and O–H groups in total. The number of hydrogen-bond acceptors (Lipinski definition) is 3. The van der Waals surface area contributed by atoms with Gasteiger partial charge in [0.25, 0.3) is 0 Å². The molecule has 5 nitrogen and oxygen atoms in total. The van der Waals surface area contributed by atoms with Gasteiger partial charge in [0, 0.05) is 17.3 Å². The molecule has 0 saturated carbocycles. The molecule has 1 atom stereocenters. The van der Waals surface area contributed by atoms with Crippen molar-refractivity contribution in [2.45, 2.75) is 6.92 Å². The first kappa shape index (κ1) is 16.7. The number of carboxylic acid groups (broad SMARTS) is 1. The summed E-state index contributed by atoms with van der Waals surface area (Å²) in [5.41, 5.74) is 0.383. The average molecular weight is 317 g/mol. The highest BCUT2D eigenvalue weighted by Gasteiger charge is 2.09. The third-order valence-electron chi connectivity index (χ3n) is 2.46. The second kappa shape index (κ2) is 8.01. The first-order chi connectivity index (χ1) is 9.42. The average Bonchev–Trinajstić information content (AvgIpc) is 2.36. The molecule has 1 rings (SSSR count). The summed E-state index contributed by atoms with van der Waals surface area (Å²) in [7, 11) is 0. The number of aromatic carboxylic acids is 1. The first-order valence-electron chi connectivity index (χ1n) is 6.00. The molecule has 0 bridgehead atoms. The quantitative estimate of drug-likeness (QED) is 0.753. The van der Waals surface area contributed by atoms with E-state index in [0.717, 1.165) is 5.75 Å². The monoisotopic (exact) mass is 316 g/mol. The van der Waals surface area contributed by atoms with Crippen molar-refractivity contribution in [1.29, 1.82) is 0 Å². The largest absolute Gasteiger partial charge is 0.478 e. The molecule has 0 radical (unpaired) electrons. The fourth-order valence-corrected chi connectivity index (χ4v) is 2.49. The fraction of sp³-hybridized carbons (Fsp3) is 0.385. The van der Waals surface area contributed by atoms with Crippen molar-refractivity contribution in [2.24, 2.45) is 5.92 Å². The summed E-state index contributed by atoms with van der Waals surface area (Å²) in [4.78, 5) is 22.6. The molecule has 110 valence electrons. The van der Waals surface area contributed by atoms with Crippen molar-refractivity contribution in [3.63, 3.8) is 0 Å². The number of thioether (sulfide) groups is 1. The third kappa shape index (κ3) is 5.71. The van der Waals surface area contributed by atoms with Crippen LogP contribution in [0.2, 0.25) is 5.02 Å². The number of halogens is 1. The second-order valence-electron chi connectivity index (χ2n) is 4.43. The lowest BCUT2D eigenvalue weighted by Crippen LogP contribution is -2.33. The Morgan fingerprint density at radius 1 is 1.40 bits per heavy atom. The van der Waals surface area contributed by atoms with Crippen LogP contribution < -0.4 is 10.6 Å². The minimum atomic E-state index is -1.09. The van der Waals surface area contributed by atoms with E-state index in [1.54, 1.807) is 11.8 Å². The van der Waals surface area contributed by atoms with Crippen molar-refractivity contribution in [3.8, 4) is 0 Å². The topological polar surface area (TPSA) is 78.4 Å². The third-order valence-corrected chi connectivity index (χ3v) is 3.59. The number of carboxylic acids is 1. The van der Waals surface area contributed by atoms with E-state index in [0.29, 0.717) is 18.2 Å². The van der Waals surface area contributed by atoms with E-state index < -0.39 is 5.97 Å². The number of carbonyl (C=O) groups is 2. The first-order valence-corrected chi connectivity index (χ1v) is 7.77. The number of urea groups is 1. The van der Waals surface area contributed by atoms with Gasteiger partial charge in [0.05, 0.1) is 5.56 Å². The van der Waals surface area contributed by atoms with E-state index in [1.165, 1.54) is 18.2 Å². The van der Waals surface area contributed by atoms with Crippen LogP contribution in [0.3, 0.4) is 0 Å². The molecule has 0 heterocycles. The molecule has 1 unspecified atom stereocenters. The Morgan fingerprint density at radius 3 is 2.70 bits per heavy atom. The van der Waals surface area contributed by atoms with Gasteiger partial charge >= 0.3 is 12.0 Å². The molecule has 0 aliphatic heterocycles. The van der Waals surface area contributed by atoms with Gasteiger partial charge < -0.3 is 15.7 Å². The van der Waals surface area contributed by atoms with Crippen LogP contribution >= 0.6 is 23.4 Å². The Labute approximate surface area is 127 Å². The van der Waals surface area contributed by atoms with Gasteiger partial charge in [-0.05, 0) is 36.1 Å². The lowest BCUT2D eigenvalue weighted by molar-refractivity contribution is 0.0697. The number of benzene rings is 1. The Hall–Kier alpha value is -1.40. The maximum Gasteiger partial charge on any atom is 0.335 e. The van der Waals surface area contributed by atoms with E-state index in [-0.39, 0.29) is 16.6 Å². The summed E-state index contributed by atoms with van der Waals surface area (Å²) in [5, 5.41) is 14.5. The summed E-state index contributed by atoms with van der Waals surface area (Å²) in [6.07, 6.45) is 2.01. The van der Waals surface area contributed by atoms with Crippen molar-refractivity contribution in [3.05, 3.63) is 28.8 Å². The molecule has 0 saturated heterocycles. The maximum atomic E-state index is 11.7. The molecule has 7 heteroatoms. The van der Waals surface area contributed by atoms with Crippen LogP contribution in [0.1, 0.15) is 17.3 Å². The summed E-state index contributed by atoms with van der Waals surface area (Å²) in [6, 6.07) is 3.81. The van der Waals surface area contributed by atoms with Gasteiger partial charge in [-0.2, -0.15) is 11.8 Å². The fourth-order valence-electron chi connectivity index (χ4n) is 1.57. The van der Waals surface area contributed by atoms with Gasteiger partial charge in [-0.15, -0.1) is 0 Å². The minimum Gasteiger partial charge on any atom is -0.478 e. The predicted octanol–water partition coefficient (Wildman–Crippen LogP) is 3.16. The van der Waals surface area contributed by atoms with Crippen LogP contribution in [0.15, 0.2) is 18.2 Å². The maximum absolute atomic E-state index is 11.7. The number of rotatable bonds is 6. The van der Waals surface area contributed by atoms with E-state index in [9.17, 15) is 9.59 Å². The molecule has 0 aromatic heterocycles.